The number of hydrogen-bond acceptors (Lipinski definition) is 4. The van der Waals surface area contributed by atoms with Crippen LogP contribution in [-0.4, -0.2) is 43.7 Å². The lowest BCUT2D eigenvalue weighted by molar-refractivity contribution is -0.113. The summed E-state index contributed by atoms with van der Waals surface area (Å²) in [7, 11) is 0. The van der Waals surface area contributed by atoms with Crippen LogP contribution >= 0.6 is 0 Å². The second-order valence-electron chi connectivity index (χ2n) is 8.65. The van der Waals surface area contributed by atoms with Crippen LogP contribution in [0.15, 0.2) is 59.7 Å². The van der Waals surface area contributed by atoms with Gasteiger partial charge in [0.1, 0.15) is 0 Å². The Bertz CT molecular complexity index is 888. The second-order valence-corrected chi connectivity index (χ2v) is 8.65. The number of carbonyl (C=O) groups excluding carboxylic acids is 1. The van der Waals surface area contributed by atoms with Crippen LogP contribution in [0.2, 0.25) is 0 Å². The molecule has 1 saturated carbocycles. The van der Waals surface area contributed by atoms with Gasteiger partial charge in [0.15, 0.2) is 5.78 Å². The highest BCUT2D eigenvalue weighted by Crippen LogP contribution is 2.32. The second kappa shape index (κ2) is 11.9. The summed E-state index contributed by atoms with van der Waals surface area (Å²) in [6, 6.07) is 16.8. The summed E-state index contributed by atoms with van der Waals surface area (Å²) in [5, 5.41) is 9.87. The average Bonchev–Trinajstić information content (AvgIpc) is 2.85. The largest absolute Gasteiger partial charge is 0.396 e. The normalized spacial score (nSPS) is 18.7. The first-order valence-corrected chi connectivity index (χ1v) is 12.3. The third-order valence-electron chi connectivity index (χ3n) is 6.58. The Morgan fingerprint density at radius 1 is 0.727 bits per heavy atom. The highest BCUT2D eigenvalue weighted by molar-refractivity contribution is 6.14. The quantitative estimate of drug-likeness (QED) is 0.493. The van der Waals surface area contributed by atoms with Gasteiger partial charge in [0, 0.05) is 55.3 Å². The van der Waals surface area contributed by atoms with Gasteiger partial charge in [-0.2, -0.15) is 0 Å². The number of aliphatic hydroxyl groups excluding tert-OH is 1. The molecule has 4 heteroatoms. The van der Waals surface area contributed by atoms with Crippen molar-refractivity contribution in [1.82, 2.24) is 0 Å². The van der Waals surface area contributed by atoms with E-state index in [2.05, 4.69) is 86.0 Å². The molecule has 1 aliphatic carbocycles. The standard InChI is InChI=1S/C29H38N2O2/c1-5-30(6-2)27-13-9-22(10-14-27)17-25-19-24(21-32)20-26(29(25)33)18-23-11-15-28(16-12-23)31(7-3)8-4/h9-18,24,32H,5-8,19-21H2,1-4H3. The molecular formula is C29H38N2O2. The van der Waals surface area contributed by atoms with E-state index in [0.29, 0.717) is 12.8 Å². The maximum atomic E-state index is 13.3. The number of nitrogens with zero attached hydrogens (tertiary/aromatic N) is 2. The molecule has 1 N–H and O–H groups in total. The minimum absolute atomic E-state index is 0.0742. The summed E-state index contributed by atoms with van der Waals surface area (Å²) in [5.74, 6) is 0.172. The molecule has 0 bridgehead atoms. The Morgan fingerprint density at radius 2 is 1.09 bits per heavy atom. The number of benzene rings is 2. The third-order valence-corrected chi connectivity index (χ3v) is 6.58. The fourth-order valence-corrected chi connectivity index (χ4v) is 4.61. The van der Waals surface area contributed by atoms with Crippen LogP contribution in [-0.2, 0) is 4.79 Å². The lowest BCUT2D eigenvalue weighted by Crippen LogP contribution is -2.22. The predicted molar refractivity (Wildman–Crippen MR) is 141 cm³/mol. The van der Waals surface area contributed by atoms with E-state index < -0.39 is 0 Å². The van der Waals surface area contributed by atoms with Crippen LogP contribution in [0.5, 0.6) is 0 Å². The van der Waals surface area contributed by atoms with Crippen molar-refractivity contribution in [3.63, 3.8) is 0 Å². The third kappa shape index (κ3) is 6.14. The van der Waals surface area contributed by atoms with Crippen molar-refractivity contribution in [2.75, 3.05) is 42.6 Å². The van der Waals surface area contributed by atoms with Gasteiger partial charge >= 0.3 is 0 Å². The van der Waals surface area contributed by atoms with Gasteiger partial charge in [0.05, 0.1) is 0 Å². The van der Waals surface area contributed by atoms with Crippen LogP contribution in [0.1, 0.15) is 51.7 Å². The van der Waals surface area contributed by atoms with Gasteiger partial charge < -0.3 is 14.9 Å². The van der Waals surface area contributed by atoms with Gasteiger partial charge in [-0.15, -0.1) is 0 Å². The van der Waals surface area contributed by atoms with Gasteiger partial charge in [0.25, 0.3) is 0 Å². The van der Waals surface area contributed by atoms with E-state index in [0.717, 1.165) is 48.5 Å². The van der Waals surface area contributed by atoms with Gasteiger partial charge in [-0.3, -0.25) is 4.79 Å². The summed E-state index contributed by atoms with van der Waals surface area (Å²) in [4.78, 5) is 17.9. The Hall–Kier alpha value is -2.85. The van der Waals surface area contributed by atoms with Gasteiger partial charge in [-0.25, -0.2) is 0 Å². The van der Waals surface area contributed by atoms with E-state index in [1.54, 1.807) is 0 Å². The number of ketones is 1. The van der Waals surface area contributed by atoms with Crippen molar-refractivity contribution >= 4 is 29.3 Å². The molecule has 33 heavy (non-hydrogen) atoms. The molecule has 0 aromatic heterocycles. The molecule has 0 spiro atoms. The first kappa shape index (κ1) is 24.8. The topological polar surface area (TPSA) is 43.8 Å². The first-order chi connectivity index (χ1) is 16.0. The molecule has 4 nitrogen and oxygen atoms in total. The molecular weight excluding hydrogens is 408 g/mol. The Labute approximate surface area is 199 Å². The lowest BCUT2D eigenvalue weighted by Gasteiger charge is -2.24. The number of hydrogen-bond donors (Lipinski definition) is 1. The zero-order valence-corrected chi connectivity index (χ0v) is 20.6. The minimum atomic E-state index is 0.0742. The molecule has 2 aromatic rings. The Balaban J connectivity index is 1.84. The molecule has 0 heterocycles. The average molecular weight is 447 g/mol. The summed E-state index contributed by atoms with van der Waals surface area (Å²) >= 11 is 0. The fourth-order valence-electron chi connectivity index (χ4n) is 4.61. The Morgan fingerprint density at radius 3 is 1.39 bits per heavy atom. The summed E-state index contributed by atoms with van der Waals surface area (Å²) < 4.78 is 0. The van der Waals surface area contributed by atoms with Crippen LogP contribution in [0.4, 0.5) is 11.4 Å². The highest BCUT2D eigenvalue weighted by Gasteiger charge is 2.27. The molecule has 0 radical (unpaired) electrons. The first-order valence-electron chi connectivity index (χ1n) is 12.3. The Kier molecular flexibility index (Phi) is 8.90. The summed E-state index contributed by atoms with van der Waals surface area (Å²) in [6.07, 6.45) is 5.22. The molecule has 176 valence electrons. The van der Waals surface area contributed by atoms with Crippen molar-refractivity contribution in [2.24, 2.45) is 5.92 Å². The highest BCUT2D eigenvalue weighted by atomic mass is 16.3. The van der Waals surface area contributed by atoms with Crippen molar-refractivity contribution in [3.8, 4) is 0 Å². The smallest absolute Gasteiger partial charge is 0.185 e. The summed E-state index contributed by atoms with van der Waals surface area (Å²) in [6.45, 7) is 12.6. The zero-order valence-electron chi connectivity index (χ0n) is 20.6. The number of Topliss-reactive ketones (excluding diaryl/α,β-unsaturated/α-hetero) is 1. The minimum Gasteiger partial charge on any atom is -0.396 e. The molecule has 0 atom stereocenters. The van der Waals surface area contributed by atoms with Crippen molar-refractivity contribution < 1.29 is 9.90 Å². The molecule has 0 aliphatic heterocycles. The number of allylic oxidation sites excluding steroid dienone is 2. The van der Waals surface area contributed by atoms with Crippen LogP contribution in [0.3, 0.4) is 0 Å². The monoisotopic (exact) mass is 446 g/mol. The molecule has 1 aliphatic rings. The molecule has 1 fully saturated rings. The zero-order chi connectivity index (χ0) is 23.8. The fraction of sp³-hybridized carbons (Fsp3) is 0.414. The van der Waals surface area contributed by atoms with E-state index >= 15 is 0 Å². The number of anilines is 2. The van der Waals surface area contributed by atoms with Crippen LogP contribution in [0, 0.1) is 5.92 Å². The lowest BCUT2D eigenvalue weighted by atomic mass is 9.80. The molecule has 3 rings (SSSR count). The van der Waals surface area contributed by atoms with Crippen LogP contribution < -0.4 is 9.80 Å². The van der Waals surface area contributed by atoms with Crippen LogP contribution in [0.25, 0.3) is 12.2 Å². The van der Waals surface area contributed by atoms with Crippen molar-refractivity contribution in [1.29, 1.82) is 0 Å². The van der Waals surface area contributed by atoms with E-state index in [1.165, 1.54) is 11.4 Å². The van der Waals surface area contributed by atoms with E-state index in [1.807, 2.05) is 12.2 Å². The van der Waals surface area contributed by atoms with Gasteiger partial charge in [-0.1, -0.05) is 24.3 Å². The number of rotatable bonds is 9. The van der Waals surface area contributed by atoms with E-state index in [9.17, 15) is 9.90 Å². The summed E-state index contributed by atoms with van der Waals surface area (Å²) in [5.41, 5.74) is 5.99. The SMILES string of the molecule is CCN(CC)c1ccc(C=C2CC(CO)CC(=Cc3ccc(N(CC)CC)cc3)C2=O)cc1. The molecule has 0 amide bonds. The molecule has 0 unspecified atom stereocenters. The number of carbonyl (C=O) groups is 1. The molecule has 0 saturated heterocycles. The van der Waals surface area contributed by atoms with E-state index in [4.69, 9.17) is 0 Å². The maximum absolute atomic E-state index is 13.3. The van der Waals surface area contributed by atoms with E-state index in [-0.39, 0.29) is 18.3 Å². The van der Waals surface area contributed by atoms with Crippen molar-refractivity contribution in [3.05, 3.63) is 70.8 Å². The van der Waals surface area contributed by atoms with Gasteiger partial charge in [-0.05, 0) is 94.0 Å². The number of aliphatic hydroxyl groups is 1. The molecule has 2 aromatic carbocycles. The van der Waals surface area contributed by atoms with Gasteiger partial charge in [0.2, 0.25) is 0 Å². The predicted octanol–water partition coefficient (Wildman–Crippen LogP) is 5.82. The maximum Gasteiger partial charge on any atom is 0.185 e. The van der Waals surface area contributed by atoms with Crippen molar-refractivity contribution in [2.45, 2.75) is 40.5 Å².